The van der Waals surface area contributed by atoms with Crippen LogP contribution < -0.4 is 5.32 Å². The number of aryl methyl sites for hydroxylation is 1. The minimum absolute atomic E-state index is 0.748. The van der Waals surface area contributed by atoms with E-state index in [0.717, 1.165) is 12.6 Å². The highest BCUT2D eigenvalue weighted by molar-refractivity contribution is 7.99. The minimum atomic E-state index is 0.748. The molecular weight excluding hydrogens is 252 g/mol. The van der Waals surface area contributed by atoms with Gasteiger partial charge in [0.2, 0.25) is 0 Å². The normalized spacial score (nSPS) is 20.6. The fourth-order valence-electron chi connectivity index (χ4n) is 2.74. The predicted molar refractivity (Wildman–Crippen MR) is 85.0 cm³/mol. The number of likely N-dealkylation sites (tertiary alicyclic amines) is 1. The van der Waals surface area contributed by atoms with Gasteiger partial charge in [0, 0.05) is 29.8 Å². The number of likely N-dealkylation sites (N-methyl/N-ethyl adjacent to an activating group) is 1. The lowest BCUT2D eigenvalue weighted by atomic mass is 10.0. The number of nitrogens with one attached hydrogen (secondary N) is 1. The summed E-state index contributed by atoms with van der Waals surface area (Å²) in [6, 6.07) is 9.63. The van der Waals surface area contributed by atoms with Crippen LogP contribution in [0.2, 0.25) is 0 Å². The van der Waals surface area contributed by atoms with Crippen LogP contribution in [-0.2, 0) is 0 Å². The Morgan fingerprint density at radius 3 is 2.79 bits per heavy atom. The molecular formula is C16H26N2S. The highest BCUT2D eigenvalue weighted by atomic mass is 32.2. The van der Waals surface area contributed by atoms with E-state index >= 15 is 0 Å². The first-order chi connectivity index (χ1) is 9.29. The van der Waals surface area contributed by atoms with Crippen LogP contribution in [0.1, 0.15) is 24.8 Å². The maximum absolute atomic E-state index is 3.33. The van der Waals surface area contributed by atoms with Crippen LogP contribution in [0.4, 0.5) is 0 Å². The minimum Gasteiger partial charge on any atom is -0.318 e. The van der Waals surface area contributed by atoms with Crippen LogP contribution in [0.5, 0.6) is 0 Å². The number of hydrogen-bond acceptors (Lipinski definition) is 3. The first-order valence-electron chi connectivity index (χ1n) is 7.37. The molecule has 19 heavy (non-hydrogen) atoms. The number of hydrogen-bond donors (Lipinski definition) is 1. The van der Waals surface area contributed by atoms with Crippen molar-refractivity contribution in [2.45, 2.75) is 37.1 Å². The molecule has 1 atom stereocenters. The van der Waals surface area contributed by atoms with E-state index in [1.807, 2.05) is 11.8 Å². The second-order valence-electron chi connectivity index (χ2n) is 5.40. The third-order valence-corrected chi connectivity index (χ3v) is 4.85. The highest BCUT2D eigenvalue weighted by Gasteiger charge is 2.20. The molecule has 2 nitrogen and oxygen atoms in total. The number of thioether (sulfide) groups is 1. The average Bonchev–Trinajstić information content (AvgIpc) is 2.43. The van der Waals surface area contributed by atoms with E-state index in [1.165, 1.54) is 48.6 Å². The van der Waals surface area contributed by atoms with Gasteiger partial charge in [-0.15, -0.1) is 11.8 Å². The van der Waals surface area contributed by atoms with E-state index in [-0.39, 0.29) is 0 Å². The molecule has 0 aliphatic carbocycles. The molecule has 1 aromatic carbocycles. The summed E-state index contributed by atoms with van der Waals surface area (Å²) in [6.07, 6.45) is 4.12. The van der Waals surface area contributed by atoms with Crippen LogP contribution in [-0.4, -0.2) is 43.4 Å². The summed E-state index contributed by atoms with van der Waals surface area (Å²) >= 11 is 1.98. The summed E-state index contributed by atoms with van der Waals surface area (Å²) in [5, 5.41) is 3.33. The van der Waals surface area contributed by atoms with Crippen molar-refractivity contribution in [2.24, 2.45) is 0 Å². The zero-order chi connectivity index (χ0) is 13.5. The zero-order valence-corrected chi connectivity index (χ0v) is 13.0. The van der Waals surface area contributed by atoms with Gasteiger partial charge in [0.1, 0.15) is 0 Å². The highest BCUT2D eigenvalue weighted by Crippen LogP contribution is 2.21. The summed E-state index contributed by atoms with van der Waals surface area (Å²) < 4.78 is 0. The third-order valence-electron chi connectivity index (χ3n) is 3.86. The van der Waals surface area contributed by atoms with Crippen LogP contribution in [0.15, 0.2) is 29.2 Å². The van der Waals surface area contributed by atoms with E-state index < -0.39 is 0 Å². The van der Waals surface area contributed by atoms with Crippen LogP contribution >= 0.6 is 11.8 Å². The summed E-state index contributed by atoms with van der Waals surface area (Å²) in [5.41, 5.74) is 1.34. The lowest BCUT2D eigenvalue weighted by Gasteiger charge is -2.35. The van der Waals surface area contributed by atoms with Gasteiger partial charge in [-0.05, 0) is 45.5 Å². The van der Waals surface area contributed by atoms with Crippen molar-refractivity contribution in [2.75, 3.05) is 32.4 Å². The summed E-state index contributed by atoms with van der Waals surface area (Å²) in [6.45, 7) is 5.77. The number of rotatable bonds is 6. The van der Waals surface area contributed by atoms with Crippen molar-refractivity contribution in [3.63, 3.8) is 0 Å². The van der Waals surface area contributed by atoms with Crippen molar-refractivity contribution >= 4 is 11.8 Å². The lowest BCUT2D eigenvalue weighted by Crippen LogP contribution is -2.45. The van der Waals surface area contributed by atoms with Gasteiger partial charge < -0.3 is 5.32 Å². The summed E-state index contributed by atoms with van der Waals surface area (Å²) in [5.74, 6) is 1.20. The van der Waals surface area contributed by atoms with E-state index in [2.05, 4.69) is 48.5 Å². The van der Waals surface area contributed by atoms with E-state index in [1.54, 1.807) is 0 Å². The van der Waals surface area contributed by atoms with Gasteiger partial charge in [-0.3, -0.25) is 4.90 Å². The molecule has 106 valence electrons. The Hall–Kier alpha value is -0.510. The Labute approximate surface area is 122 Å². The molecule has 0 aromatic heterocycles. The topological polar surface area (TPSA) is 15.3 Å². The Balaban J connectivity index is 1.75. The monoisotopic (exact) mass is 278 g/mol. The first kappa shape index (κ1) is 14.9. The van der Waals surface area contributed by atoms with Crippen molar-refractivity contribution in [3.05, 3.63) is 29.8 Å². The number of benzene rings is 1. The zero-order valence-electron chi connectivity index (χ0n) is 12.2. The number of piperidine rings is 1. The molecule has 1 heterocycles. The second kappa shape index (κ2) is 7.93. The second-order valence-corrected chi connectivity index (χ2v) is 6.57. The molecule has 3 heteroatoms. The summed E-state index contributed by atoms with van der Waals surface area (Å²) in [7, 11) is 2.06. The van der Waals surface area contributed by atoms with E-state index in [0.29, 0.717) is 0 Å². The predicted octanol–water partition coefficient (Wildman–Crippen LogP) is 3.16. The van der Waals surface area contributed by atoms with Crippen LogP contribution in [0.25, 0.3) is 0 Å². The molecule has 1 saturated heterocycles. The maximum Gasteiger partial charge on any atom is 0.0220 e. The van der Waals surface area contributed by atoms with Crippen molar-refractivity contribution in [3.8, 4) is 0 Å². The quantitative estimate of drug-likeness (QED) is 0.805. The SMILES string of the molecule is CNCC1CCCCN1CCSc1ccc(C)cc1. The molecule has 0 saturated carbocycles. The molecule has 2 rings (SSSR count). The largest absolute Gasteiger partial charge is 0.318 e. The van der Waals surface area contributed by atoms with Crippen LogP contribution in [0, 0.1) is 6.92 Å². The number of nitrogens with zero attached hydrogens (tertiary/aromatic N) is 1. The average molecular weight is 278 g/mol. The Bertz CT molecular complexity index is 362. The van der Waals surface area contributed by atoms with Gasteiger partial charge in [0.25, 0.3) is 0 Å². The molecule has 1 aliphatic heterocycles. The van der Waals surface area contributed by atoms with E-state index in [9.17, 15) is 0 Å². The Morgan fingerprint density at radius 1 is 1.26 bits per heavy atom. The Kier molecular flexibility index (Phi) is 6.21. The fraction of sp³-hybridized carbons (Fsp3) is 0.625. The molecule has 0 radical (unpaired) electrons. The molecule has 1 fully saturated rings. The Morgan fingerprint density at radius 2 is 2.05 bits per heavy atom. The van der Waals surface area contributed by atoms with Gasteiger partial charge >= 0.3 is 0 Å². The van der Waals surface area contributed by atoms with Gasteiger partial charge in [-0.25, -0.2) is 0 Å². The van der Waals surface area contributed by atoms with Gasteiger partial charge in [-0.2, -0.15) is 0 Å². The first-order valence-corrected chi connectivity index (χ1v) is 8.36. The fourth-order valence-corrected chi connectivity index (χ4v) is 3.63. The van der Waals surface area contributed by atoms with Crippen LogP contribution in [0.3, 0.4) is 0 Å². The van der Waals surface area contributed by atoms with Gasteiger partial charge in [0.05, 0.1) is 0 Å². The summed E-state index contributed by atoms with van der Waals surface area (Å²) in [4.78, 5) is 4.06. The lowest BCUT2D eigenvalue weighted by molar-refractivity contribution is 0.157. The van der Waals surface area contributed by atoms with Gasteiger partial charge in [-0.1, -0.05) is 24.1 Å². The standard InChI is InChI=1S/C16H26N2S/c1-14-6-8-16(9-7-14)19-12-11-18-10-4-3-5-15(18)13-17-2/h6-9,15,17H,3-5,10-13H2,1-2H3. The molecule has 1 unspecified atom stereocenters. The van der Waals surface area contributed by atoms with Crippen molar-refractivity contribution < 1.29 is 0 Å². The molecule has 0 amide bonds. The smallest absolute Gasteiger partial charge is 0.0220 e. The van der Waals surface area contributed by atoms with Crippen molar-refractivity contribution in [1.29, 1.82) is 0 Å². The van der Waals surface area contributed by atoms with E-state index in [4.69, 9.17) is 0 Å². The third kappa shape index (κ3) is 4.83. The van der Waals surface area contributed by atoms with Crippen molar-refractivity contribution in [1.82, 2.24) is 10.2 Å². The maximum atomic E-state index is 3.33. The molecule has 0 spiro atoms. The molecule has 1 aliphatic rings. The van der Waals surface area contributed by atoms with Gasteiger partial charge in [0.15, 0.2) is 0 Å². The molecule has 0 bridgehead atoms. The molecule has 1 N–H and O–H groups in total. The molecule has 1 aromatic rings.